The summed E-state index contributed by atoms with van der Waals surface area (Å²) in [6.07, 6.45) is 3.83. The van der Waals surface area contributed by atoms with Gasteiger partial charge in [-0.05, 0) is 30.9 Å². The minimum Gasteiger partial charge on any atom is -0.295 e. The Hall–Kier alpha value is -0.633. The minimum atomic E-state index is -1.03. The Balaban J connectivity index is 2.44. The van der Waals surface area contributed by atoms with Gasteiger partial charge in [-0.3, -0.25) is 4.79 Å². The Morgan fingerprint density at radius 2 is 2.13 bits per heavy atom. The van der Waals surface area contributed by atoms with Gasteiger partial charge in [-0.15, -0.1) is 6.58 Å². The fourth-order valence-electron chi connectivity index (χ4n) is 2.23. The molecule has 0 aromatic heterocycles. The van der Waals surface area contributed by atoms with Crippen molar-refractivity contribution >= 4 is 13.9 Å². The standard InChI is InChI=1S/C13H22OSi/c1-10(9-15(3,4)5)6-12-7-11(2)13(14)8-12/h7,12H,1,6,8-9H2,2-5H3. The lowest BCUT2D eigenvalue weighted by molar-refractivity contribution is -0.115. The van der Waals surface area contributed by atoms with Gasteiger partial charge in [0.25, 0.3) is 0 Å². The SMILES string of the molecule is C=C(CC1C=C(C)C(=O)C1)C[Si](C)(C)C. The number of rotatable bonds is 4. The summed E-state index contributed by atoms with van der Waals surface area (Å²) in [5, 5.41) is 0. The lowest BCUT2D eigenvalue weighted by Crippen LogP contribution is -2.20. The van der Waals surface area contributed by atoms with Crippen LogP contribution in [0.2, 0.25) is 25.7 Å². The zero-order valence-corrected chi connectivity index (χ0v) is 11.4. The summed E-state index contributed by atoms with van der Waals surface area (Å²) in [4.78, 5) is 11.4. The first-order chi connectivity index (χ1) is 6.78. The van der Waals surface area contributed by atoms with Crippen LogP contribution in [-0.2, 0) is 4.79 Å². The highest BCUT2D eigenvalue weighted by molar-refractivity contribution is 6.76. The second-order valence-electron chi connectivity index (χ2n) is 5.93. The Labute approximate surface area is 94.3 Å². The lowest BCUT2D eigenvalue weighted by atomic mass is 10.0. The highest BCUT2D eigenvalue weighted by Crippen LogP contribution is 2.29. The molecule has 0 aromatic rings. The van der Waals surface area contributed by atoms with Crippen molar-refractivity contribution < 1.29 is 4.79 Å². The molecule has 84 valence electrons. The lowest BCUT2D eigenvalue weighted by Gasteiger charge is -2.19. The van der Waals surface area contributed by atoms with Crippen molar-refractivity contribution in [3.63, 3.8) is 0 Å². The zero-order chi connectivity index (χ0) is 11.6. The van der Waals surface area contributed by atoms with E-state index in [9.17, 15) is 4.79 Å². The van der Waals surface area contributed by atoms with E-state index in [-0.39, 0.29) is 0 Å². The molecule has 15 heavy (non-hydrogen) atoms. The molecule has 1 aliphatic rings. The molecular weight excluding hydrogens is 200 g/mol. The molecule has 1 nitrogen and oxygen atoms in total. The van der Waals surface area contributed by atoms with Crippen LogP contribution < -0.4 is 0 Å². The number of Topliss-reactive ketones (excluding diaryl/α,β-unsaturated/α-hetero) is 1. The average molecular weight is 222 g/mol. The first-order valence-electron chi connectivity index (χ1n) is 5.66. The molecule has 0 amide bonds. The van der Waals surface area contributed by atoms with Gasteiger partial charge in [0.05, 0.1) is 0 Å². The third kappa shape index (κ3) is 4.16. The number of carbonyl (C=O) groups excluding carboxylic acids is 1. The molecule has 0 aliphatic heterocycles. The predicted octanol–water partition coefficient (Wildman–Crippen LogP) is 3.81. The van der Waals surface area contributed by atoms with E-state index in [0.717, 1.165) is 12.0 Å². The van der Waals surface area contributed by atoms with Crippen LogP contribution in [0.4, 0.5) is 0 Å². The normalized spacial score (nSPS) is 21.7. The quantitative estimate of drug-likeness (QED) is 0.522. The maximum Gasteiger partial charge on any atom is 0.158 e. The summed E-state index contributed by atoms with van der Waals surface area (Å²) in [6, 6.07) is 1.19. The Morgan fingerprint density at radius 1 is 1.53 bits per heavy atom. The van der Waals surface area contributed by atoms with Crippen molar-refractivity contribution in [2.24, 2.45) is 5.92 Å². The van der Waals surface area contributed by atoms with E-state index in [4.69, 9.17) is 0 Å². The molecule has 1 atom stereocenters. The fraction of sp³-hybridized carbons (Fsp3) is 0.615. The van der Waals surface area contributed by atoms with Gasteiger partial charge >= 0.3 is 0 Å². The van der Waals surface area contributed by atoms with Gasteiger partial charge in [-0.2, -0.15) is 0 Å². The maximum absolute atomic E-state index is 11.4. The van der Waals surface area contributed by atoms with Crippen molar-refractivity contribution in [1.82, 2.24) is 0 Å². The van der Waals surface area contributed by atoms with Crippen molar-refractivity contribution in [3.8, 4) is 0 Å². The number of ketones is 1. The highest BCUT2D eigenvalue weighted by Gasteiger charge is 2.23. The van der Waals surface area contributed by atoms with Crippen LogP contribution in [0.3, 0.4) is 0 Å². The van der Waals surface area contributed by atoms with Gasteiger partial charge in [0, 0.05) is 14.5 Å². The third-order valence-electron chi connectivity index (χ3n) is 2.70. The van der Waals surface area contributed by atoms with E-state index in [1.807, 2.05) is 6.92 Å². The van der Waals surface area contributed by atoms with E-state index < -0.39 is 8.07 Å². The molecule has 1 aliphatic carbocycles. The summed E-state index contributed by atoms with van der Waals surface area (Å²) in [7, 11) is -1.03. The molecule has 0 saturated heterocycles. The Bertz CT molecular complexity index is 307. The van der Waals surface area contributed by atoms with Crippen molar-refractivity contribution in [3.05, 3.63) is 23.8 Å². The van der Waals surface area contributed by atoms with Crippen molar-refractivity contribution in [2.45, 2.75) is 45.5 Å². The molecule has 0 spiro atoms. The molecular formula is C13H22OSi. The number of allylic oxidation sites excluding steroid dienone is 3. The molecule has 0 N–H and O–H groups in total. The highest BCUT2D eigenvalue weighted by atomic mass is 28.3. The molecule has 0 heterocycles. The van der Waals surface area contributed by atoms with Crippen molar-refractivity contribution in [1.29, 1.82) is 0 Å². The van der Waals surface area contributed by atoms with Crippen LogP contribution in [-0.4, -0.2) is 13.9 Å². The Morgan fingerprint density at radius 3 is 2.53 bits per heavy atom. The summed E-state index contributed by atoms with van der Waals surface area (Å²) >= 11 is 0. The van der Waals surface area contributed by atoms with Crippen LogP contribution in [0.25, 0.3) is 0 Å². The van der Waals surface area contributed by atoms with E-state index in [2.05, 4.69) is 32.3 Å². The second kappa shape index (κ2) is 4.48. The summed E-state index contributed by atoms with van der Waals surface area (Å²) in [5.74, 6) is 0.752. The summed E-state index contributed by atoms with van der Waals surface area (Å²) in [6.45, 7) is 13.1. The molecule has 2 heteroatoms. The summed E-state index contributed by atoms with van der Waals surface area (Å²) < 4.78 is 0. The largest absolute Gasteiger partial charge is 0.295 e. The smallest absolute Gasteiger partial charge is 0.158 e. The number of carbonyl (C=O) groups is 1. The van der Waals surface area contributed by atoms with Gasteiger partial charge in [0.1, 0.15) is 0 Å². The molecule has 0 saturated carbocycles. The number of hydrogen-bond donors (Lipinski definition) is 0. The van der Waals surface area contributed by atoms with Crippen molar-refractivity contribution in [2.75, 3.05) is 0 Å². The van der Waals surface area contributed by atoms with Crippen LogP contribution in [0.15, 0.2) is 23.8 Å². The van der Waals surface area contributed by atoms with Gasteiger partial charge in [-0.1, -0.05) is 31.3 Å². The van der Waals surface area contributed by atoms with Crippen LogP contribution in [0.1, 0.15) is 19.8 Å². The Kier molecular flexibility index (Phi) is 3.71. The van der Waals surface area contributed by atoms with E-state index >= 15 is 0 Å². The zero-order valence-electron chi connectivity index (χ0n) is 10.4. The van der Waals surface area contributed by atoms with Crippen LogP contribution in [0.5, 0.6) is 0 Å². The maximum atomic E-state index is 11.4. The molecule has 0 bridgehead atoms. The molecule has 0 aromatic carbocycles. The van der Waals surface area contributed by atoms with E-state index in [0.29, 0.717) is 18.1 Å². The number of hydrogen-bond acceptors (Lipinski definition) is 1. The van der Waals surface area contributed by atoms with Crippen LogP contribution >= 0.6 is 0 Å². The van der Waals surface area contributed by atoms with E-state index in [1.165, 1.54) is 11.6 Å². The molecule has 0 radical (unpaired) electrons. The molecule has 0 fully saturated rings. The first kappa shape index (κ1) is 12.4. The third-order valence-corrected chi connectivity index (χ3v) is 4.26. The van der Waals surface area contributed by atoms with Gasteiger partial charge in [0.15, 0.2) is 5.78 Å². The topological polar surface area (TPSA) is 17.1 Å². The van der Waals surface area contributed by atoms with Gasteiger partial charge in [-0.25, -0.2) is 0 Å². The van der Waals surface area contributed by atoms with Crippen LogP contribution in [0, 0.1) is 5.92 Å². The van der Waals surface area contributed by atoms with Gasteiger partial charge in [0.2, 0.25) is 0 Å². The van der Waals surface area contributed by atoms with E-state index in [1.54, 1.807) is 0 Å². The first-order valence-corrected chi connectivity index (χ1v) is 9.37. The minimum absolute atomic E-state index is 0.320. The predicted molar refractivity (Wildman–Crippen MR) is 68.8 cm³/mol. The van der Waals surface area contributed by atoms with Gasteiger partial charge < -0.3 is 0 Å². The molecule has 1 unspecified atom stereocenters. The average Bonchev–Trinajstić information content (AvgIpc) is 2.26. The molecule has 1 rings (SSSR count). The second-order valence-corrected chi connectivity index (χ2v) is 11.4. The summed E-state index contributed by atoms with van der Waals surface area (Å²) in [5.41, 5.74) is 2.28. The fourth-order valence-corrected chi connectivity index (χ4v) is 3.87. The monoisotopic (exact) mass is 222 g/mol.